The van der Waals surface area contributed by atoms with Gasteiger partial charge in [-0.05, 0) is 55.8 Å². The van der Waals surface area contributed by atoms with E-state index in [2.05, 4.69) is 140 Å². The Hall–Kier alpha value is -2.43. The summed E-state index contributed by atoms with van der Waals surface area (Å²) in [6.45, 7) is 21.6. The lowest BCUT2D eigenvalue weighted by atomic mass is 10.0. The molecule has 176 valence electrons. The lowest BCUT2D eigenvalue weighted by Crippen LogP contribution is -2.74. The molecule has 0 heterocycles. The molecule has 0 saturated heterocycles. The molecule has 2 unspecified atom stereocenters. The maximum absolute atomic E-state index is 2.61. The van der Waals surface area contributed by atoms with Crippen molar-refractivity contribution in [2.24, 2.45) is 0 Å². The fourth-order valence-corrected chi connectivity index (χ4v) is 14.0. The highest BCUT2D eigenvalue weighted by Gasteiger charge is 2.56. The first-order valence-electron chi connectivity index (χ1n) is 12.5. The molecule has 0 radical (unpaired) electrons. The second-order valence-electron chi connectivity index (χ2n) is 11.5. The molecule has 34 heavy (non-hydrogen) atoms. The van der Waals surface area contributed by atoms with Gasteiger partial charge in [-0.25, -0.2) is 0 Å². The molecule has 2 heteroatoms. The van der Waals surface area contributed by atoms with Gasteiger partial charge in [0.1, 0.15) is 0 Å². The molecular weight excluding hydrogens is 441 g/mol. The van der Waals surface area contributed by atoms with E-state index in [0.717, 1.165) is 0 Å². The van der Waals surface area contributed by atoms with Crippen LogP contribution >= 0.6 is 0 Å². The smallest absolute Gasteiger partial charge is 0.0730 e. The van der Waals surface area contributed by atoms with Gasteiger partial charge in [-0.2, -0.15) is 0 Å². The van der Waals surface area contributed by atoms with Gasteiger partial charge in [0.25, 0.3) is 0 Å². The average molecular weight is 481 g/mol. The Bertz CT molecular complexity index is 1290. The molecule has 0 spiro atoms. The van der Waals surface area contributed by atoms with Crippen molar-refractivity contribution in [2.75, 3.05) is 0 Å². The van der Waals surface area contributed by atoms with Crippen LogP contribution in [0, 0.1) is 13.8 Å². The topological polar surface area (TPSA) is 0 Å². The average Bonchev–Trinajstić information content (AvgIpc) is 2.98. The van der Waals surface area contributed by atoms with E-state index in [1.165, 1.54) is 38.2 Å². The van der Waals surface area contributed by atoms with Crippen molar-refractivity contribution in [1.82, 2.24) is 0 Å². The van der Waals surface area contributed by atoms with Gasteiger partial charge in [-0.3, -0.25) is 0 Å². The van der Waals surface area contributed by atoms with Gasteiger partial charge >= 0.3 is 0 Å². The zero-order chi connectivity index (χ0) is 24.9. The Morgan fingerprint density at radius 2 is 1.24 bits per heavy atom. The van der Waals surface area contributed by atoms with Gasteiger partial charge in [0.05, 0.1) is 8.07 Å². The molecule has 0 aromatic heterocycles. The molecule has 0 saturated carbocycles. The van der Waals surface area contributed by atoms with E-state index in [1.54, 1.807) is 10.4 Å². The van der Waals surface area contributed by atoms with Crippen LogP contribution in [0.15, 0.2) is 95.6 Å². The van der Waals surface area contributed by atoms with Crippen molar-refractivity contribution in [1.29, 1.82) is 0 Å². The van der Waals surface area contributed by atoms with Crippen LogP contribution in [-0.4, -0.2) is 16.1 Å². The summed E-state index contributed by atoms with van der Waals surface area (Å²) < 4.78 is 0. The SMILES string of the molecule is CC1=CC(C)([Si](c2ccccc2)(c2cc(C)cc([Si](C)(C)C)c2)c2ccccc2C)C(C)=C1C. The molecule has 3 aromatic rings. The molecule has 0 amide bonds. The first-order valence-corrected chi connectivity index (χ1v) is 18.0. The van der Waals surface area contributed by atoms with E-state index in [1.807, 2.05) is 0 Å². The fraction of sp³-hybridized carbons (Fsp3) is 0.312. The van der Waals surface area contributed by atoms with E-state index in [9.17, 15) is 0 Å². The van der Waals surface area contributed by atoms with Crippen LogP contribution in [0.25, 0.3) is 0 Å². The molecule has 2 atom stereocenters. The number of hydrogen-bond acceptors (Lipinski definition) is 0. The Morgan fingerprint density at radius 1 is 0.647 bits per heavy atom. The number of allylic oxidation sites excluding steroid dienone is 4. The van der Waals surface area contributed by atoms with Crippen molar-refractivity contribution < 1.29 is 0 Å². The molecule has 3 aromatic carbocycles. The molecule has 0 aliphatic heterocycles. The van der Waals surface area contributed by atoms with Gasteiger partial charge in [0.2, 0.25) is 0 Å². The van der Waals surface area contributed by atoms with Gasteiger partial charge in [-0.15, -0.1) is 0 Å². The minimum atomic E-state index is -2.56. The number of hydrogen-bond donors (Lipinski definition) is 0. The largest absolute Gasteiger partial charge is 0.162 e. The number of rotatable bonds is 5. The second-order valence-corrected chi connectivity index (χ2v) is 20.9. The maximum Gasteiger partial charge on any atom is 0.162 e. The van der Waals surface area contributed by atoms with Crippen molar-refractivity contribution in [3.05, 3.63) is 107 Å². The van der Waals surface area contributed by atoms with Crippen molar-refractivity contribution in [2.45, 2.75) is 66.2 Å². The predicted molar refractivity (Wildman–Crippen MR) is 157 cm³/mol. The zero-order valence-corrected chi connectivity index (χ0v) is 24.5. The molecular formula is C32H40Si2. The third kappa shape index (κ3) is 3.72. The normalized spacial score (nSPS) is 20.3. The van der Waals surface area contributed by atoms with Crippen LogP contribution in [0.5, 0.6) is 0 Å². The molecule has 1 aliphatic carbocycles. The van der Waals surface area contributed by atoms with Crippen LogP contribution in [0.4, 0.5) is 0 Å². The highest BCUT2D eigenvalue weighted by Crippen LogP contribution is 2.52. The summed E-state index contributed by atoms with van der Waals surface area (Å²) in [6.07, 6.45) is 2.61. The zero-order valence-electron chi connectivity index (χ0n) is 22.5. The summed E-state index contributed by atoms with van der Waals surface area (Å²) in [5.41, 5.74) is 7.21. The lowest BCUT2D eigenvalue weighted by molar-refractivity contribution is 0.870. The van der Waals surface area contributed by atoms with E-state index in [4.69, 9.17) is 0 Å². The summed E-state index contributed by atoms with van der Waals surface area (Å²) in [4.78, 5) is 0. The van der Waals surface area contributed by atoms with Crippen LogP contribution in [0.1, 0.15) is 38.8 Å². The first-order chi connectivity index (χ1) is 15.9. The van der Waals surface area contributed by atoms with Crippen molar-refractivity contribution >= 4 is 36.9 Å². The van der Waals surface area contributed by atoms with E-state index >= 15 is 0 Å². The summed E-state index contributed by atoms with van der Waals surface area (Å²) in [5, 5.41) is 6.08. The van der Waals surface area contributed by atoms with E-state index in [-0.39, 0.29) is 5.04 Å². The molecule has 4 rings (SSSR count). The molecule has 0 nitrogen and oxygen atoms in total. The Balaban J connectivity index is 2.27. The number of aryl methyl sites for hydroxylation is 2. The summed E-state index contributed by atoms with van der Waals surface area (Å²) in [5.74, 6) is 0. The fourth-order valence-electron chi connectivity index (χ4n) is 6.20. The highest BCUT2D eigenvalue weighted by molar-refractivity contribution is 7.14. The first kappa shape index (κ1) is 24.7. The minimum Gasteiger partial charge on any atom is -0.0730 e. The Morgan fingerprint density at radius 3 is 1.79 bits per heavy atom. The summed E-state index contributed by atoms with van der Waals surface area (Å²) in [7, 11) is -4.06. The molecule has 0 bridgehead atoms. The van der Waals surface area contributed by atoms with E-state index in [0.29, 0.717) is 0 Å². The quantitative estimate of drug-likeness (QED) is 0.294. The van der Waals surface area contributed by atoms with Crippen LogP contribution in [0.3, 0.4) is 0 Å². The summed E-state index contributed by atoms with van der Waals surface area (Å²) >= 11 is 0. The third-order valence-corrected chi connectivity index (χ3v) is 16.2. The van der Waals surface area contributed by atoms with Crippen LogP contribution < -0.4 is 20.7 Å². The number of benzene rings is 3. The molecule has 0 N–H and O–H groups in total. The third-order valence-electron chi connectivity index (χ3n) is 8.35. The van der Waals surface area contributed by atoms with Crippen molar-refractivity contribution in [3.8, 4) is 0 Å². The van der Waals surface area contributed by atoms with Gasteiger partial charge in [-0.1, -0.05) is 133 Å². The van der Waals surface area contributed by atoms with Gasteiger partial charge in [0.15, 0.2) is 8.07 Å². The Kier molecular flexibility index (Phi) is 6.29. The monoisotopic (exact) mass is 480 g/mol. The Labute approximate surface area is 209 Å². The molecule has 0 fully saturated rings. The van der Waals surface area contributed by atoms with E-state index < -0.39 is 16.1 Å². The van der Waals surface area contributed by atoms with Crippen LogP contribution in [0.2, 0.25) is 24.7 Å². The van der Waals surface area contributed by atoms with Gasteiger partial charge < -0.3 is 0 Å². The van der Waals surface area contributed by atoms with Gasteiger partial charge in [0, 0.05) is 5.04 Å². The standard InChI is InChI=1S/C32H40Si2/c1-23-19-29(33(7,8)9)21-30(20-23)34(28-16-11-10-12-17-28,31-18-14-13-15-24(31)2)32(6)22-25(3)26(4)27(32)5/h10-22H,1-9H3. The lowest BCUT2D eigenvalue weighted by Gasteiger charge is -2.48. The maximum atomic E-state index is 2.61. The molecule has 1 aliphatic rings. The second kappa shape index (κ2) is 8.66. The minimum absolute atomic E-state index is 0.0564. The highest BCUT2D eigenvalue weighted by atomic mass is 28.3. The predicted octanol–water partition coefficient (Wildman–Crippen LogP) is 6.38. The van der Waals surface area contributed by atoms with Crippen molar-refractivity contribution in [3.63, 3.8) is 0 Å². The van der Waals surface area contributed by atoms with Crippen LogP contribution in [-0.2, 0) is 0 Å². The summed E-state index contributed by atoms with van der Waals surface area (Å²) in [6, 6.07) is 28.2.